The lowest BCUT2D eigenvalue weighted by Crippen LogP contribution is -2.48. The van der Waals surface area contributed by atoms with Crippen molar-refractivity contribution in [3.63, 3.8) is 0 Å². The monoisotopic (exact) mass is 493 g/mol. The van der Waals surface area contributed by atoms with E-state index in [1.54, 1.807) is 17.0 Å². The van der Waals surface area contributed by atoms with Gasteiger partial charge in [-0.25, -0.2) is 4.79 Å². The minimum absolute atomic E-state index is 0.0414. The number of rotatable bonds is 4. The van der Waals surface area contributed by atoms with E-state index in [0.29, 0.717) is 11.1 Å². The third kappa shape index (κ3) is 8.55. The van der Waals surface area contributed by atoms with Crippen LogP contribution in [0.25, 0.3) is 0 Å². The Morgan fingerprint density at radius 3 is 2.35 bits per heavy atom. The van der Waals surface area contributed by atoms with Crippen molar-refractivity contribution >= 4 is 27.7 Å². The summed E-state index contributed by atoms with van der Waals surface area (Å²) in [6.07, 6.45) is -0.200. The van der Waals surface area contributed by atoms with E-state index in [0.717, 1.165) is 31.7 Å². The molecule has 1 saturated heterocycles. The third-order valence-electron chi connectivity index (χ3n) is 4.14. The number of nitro groups is 1. The van der Waals surface area contributed by atoms with E-state index >= 15 is 0 Å². The first-order valence-electron chi connectivity index (χ1n) is 9.95. The van der Waals surface area contributed by atoms with Crippen LogP contribution in [0.4, 0.5) is 10.5 Å². The van der Waals surface area contributed by atoms with Crippen LogP contribution < -0.4 is 10.1 Å². The molecule has 1 aliphatic heterocycles. The van der Waals surface area contributed by atoms with Gasteiger partial charge in [0.2, 0.25) is 5.75 Å². The second kappa shape index (κ2) is 11.7. The summed E-state index contributed by atoms with van der Waals surface area (Å²) in [6.45, 7) is 9.15. The molecule has 0 aromatic heterocycles. The number of nitro benzene ring substituents is 1. The molecule has 1 aliphatic rings. The fraction of sp³-hybridized carbons (Fsp3) is 0.409. The highest BCUT2D eigenvalue weighted by Crippen LogP contribution is 2.35. The predicted molar refractivity (Wildman–Crippen MR) is 122 cm³/mol. The van der Waals surface area contributed by atoms with Crippen molar-refractivity contribution in [1.29, 1.82) is 0 Å². The average molecular weight is 494 g/mol. The number of benzene rings is 2. The number of piperazine rings is 1. The molecule has 1 amide bonds. The van der Waals surface area contributed by atoms with E-state index in [9.17, 15) is 14.9 Å². The minimum atomic E-state index is -0.453. The molecule has 2 aromatic rings. The van der Waals surface area contributed by atoms with E-state index < -0.39 is 4.92 Å². The lowest BCUT2D eigenvalue weighted by molar-refractivity contribution is -0.386. The third-order valence-corrected chi connectivity index (χ3v) is 4.76. The number of hydrogen-bond acceptors (Lipinski definition) is 6. The molecule has 3 rings (SSSR count). The fourth-order valence-electron chi connectivity index (χ4n) is 2.69. The average Bonchev–Trinajstić information content (AvgIpc) is 2.73. The van der Waals surface area contributed by atoms with Gasteiger partial charge in [-0.3, -0.25) is 10.1 Å². The predicted octanol–water partition coefficient (Wildman–Crippen LogP) is 4.76. The van der Waals surface area contributed by atoms with Crippen LogP contribution in [0, 0.1) is 10.1 Å². The number of nitrogens with zero attached hydrogens (tertiary/aromatic N) is 2. The van der Waals surface area contributed by atoms with E-state index in [2.05, 4.69) is 21.2 Å². The van der Waals surface area contributed by atoms with Crippen molar-refractivity contribution < 1.29 is 19.2 Å². The van der Waals surface area contributed by atoms with E-state index in [1.165, 1.54) is 6.07 Å². The quantitative estimate of drug-likeness (QED) is 0.487. The van der Waals surface area contributed by atoms with Crippen LogP contribution in [-0.4, -0.2) is 47.7 Å². The summed E-state index contributed by atoms with van der Waals surface area (Å²) in [6, 6.07) is 14.3. The number of halogens is 1. The zero-order valence-corrected chi connectivity index (χ0v) is 19.6. The summed E-state index contributed by atoms with van der Waals surface area (Å²) in [4.78, 5) is 23.7. The largest absolute Gasteiger partial charge is 0.481 e. The molecule has 1 N–H and O–H groups in total. The maximum atomic E-state index is 11.5. The zero-order chi connectivity index (χ0) is 22.9. The molecule has 31 heavy (non-hydrogen) atoms. The highest BCUT2D eigenvalue weighted by molar-refractivity contribution is 9.10. The number of amides is 1. The minimum Gasteiger partial charge on any atom is -0.481 e. The molecule has 2 aromatic carbocycles. The molecule has 0 atom stereocenters. The summed E-state index contributed by atoms with van der Waals surface area (Å²) in [5.41, 5.74) is 0.532. The zero-order valence-electron chi connectivity index (χ0n) is 18.0. The van der Waals surface area contributed by atoms with Gasteiger partial charge in [-0.2, -0.15) is 0 Å². The fourth-order valence-corrected chi connectivity index (χ4v) is 3.16. The molecule has 168 valence electrons. The maximum absolute atomic E-state index is 11.5. The van der Waals surface area contributed by atoms with Crippen molar-refractivity contribution in [3.05, 3.63) is 68.7 Å². The summed E-state index contributed by atoms with van der Waals surface area (Å²) in [7, 11) is 0. The molecule has 0 radical (unpaired) electrons. The first-order valence-corrected chi connectivity index (χ1v) is 10.7. The summed E-state index contributed by atoms with van der Waals surface area (Å²) < 4.78 is 11.3. The van der Waals surface area contributed by atoms with Gasteiger partial charge in [0.25, 0.3) is 0 Å². The van der Waals surface area contributed by atoms with Gasteiger partial charge in [0.1, 0.15) is 12.2 Å². The Kier molecular flexibility index (Phi) is 9.26. The number of carbonyl (C=O) groups excluding carboxylic acids is 1. The summed E-state index contributed by atoms with van der Waals surface area (Å²) in [5, 5.41) is 14.1. The van der Waals surface area contributed by atoms with Crippen molar-refractivity contribution in [1.82, 2.24) is 10.2 Å². The second-order valence-corrected chi connectivity index (χ2v) is 8.69. The van der Waals surface area contributed by atoms with Crippen LogP contribution in [0.1, 0.15) is 26.3 Å². The van der Waals surface area contributed by atoms with Crippen molar-refractivity contribution in [2.24, 2.45) is 0 Å². The molecule has 9 heteroatoms. The molecule has 0 unspecified atom stereocenters. The lowest BCUT2D eigenvalue weighted by atomic mass is 10.2. The smallest absolute Gasteiger partial charge is 0.410 e. The van der Waals surface area contributed by atoms with Crippen LogP contribution in [0.2, 0.25) is 0 Å². The second-order valence-electron chi connectivity index (χ2n) is 7.84. The van der Waals surface area contributed by atoms with E-state index in [1.807, 2.05) is 51.1 Å². The highest BCUT2D eigenvalue weighted by Gasteiger charge is 2.22. The van der Waals surface area contributed by atoms with Crippen molar-refractivity contribution in [2.75, 3.05) is 26.2 Å². The first-order chi connectivity index (χ1) is 14.7. The van der Waals surface area contributed by atoms with Crippen LogP contribution in [-0.2, 0) is 11.3 Å². The molecule has 8 nitrogen and oxygen atoms in total. The number of carbonyl (C=O) groups is 1. The van der Waals surface area contributed by atoms with Gasteiger partial charge in [-0.15, -0.1) is 0 Å². The number of nitrogens with one attached hydrogen (secondary N) is 1. The Balaban J connectivity index is 0.000000233. The number of ether oxygens (including phenoxy) is 2. The first kappa shape index (κ1) is 24.6. The topological polar surface area (TPSA) is 93.9 Å². The lowest BCUT2D eigenvalue weighted by Gasteiger charge is -2.30. The standard InChI is InChI=1S/C13H10BrNO3.C9H18N2O2/c14-11-7-4-8-12(15(16)17)13(11)18-9-10-5-2-1-3-6-10;1-9(2,3)13-8(12)11-6-4-10-5-7-11/h1-8H,9H2;10H,4-7H2,1-3H3. The molecular formula is C22H28BrN3O5. The Labute approximate surface area is 190 Å². The van der Waals surface area contributed by atoms with Crippen molar-refractivity contribution in [3.8, 4) is 5.75 Å². The van der Waals surface area contributed by atoms with Gasteiger partial charge in [0, 0.05) is 32.2 Å². The van der Waals surface area contributed by atoms with Crippen molar-refractivity contribution in [2.45, 2.75) is 33.0 Å². The van der Waals surface area contributed by atoms with Gasteiger partial charge in [0.05, 0.1) is 9.40 Å². The normalized spacial score (nSPS) is 13.6. The molecule has 1 fully saturated rings. The van der Waals surface area contributed by atoms with E-state index in [4.69, 9.17) is 9.47 Å². The molecule has 0 spiro atoms. The molecular weight excluding hydrogens is 466 g/mol. The highest BCUT2D eigenvalue weighted by atomic mass is 79.9. The molecule has 0 saturated carbocycles. The van der Waals surface area contributed by atoms with Crippen LogP contribution >= 0.6 is 15.9 Å². The van der Waals surface area contributed by atoms with Gasteiger partial charge < -0.3 is 19.7 Å². The van der Waals surface area contributed by atoms with Gasteiger partial charge in [-0.1, -0.05) is 36.4 Å². The number of para-hydroxylation sites is 1. The van der Waals surface area contributed by atoms with Gasteiger partial charge in [0.15, 0.2) is 0 Å². The summed E-state index contributed by atoms with van der Waals surface area (Å²) in [5.74, 6) is 0.256. The molecule has 0 aliphatic carbocycles. The maximum Gasteiger partial charge on any atom is 0.410 e. The Morgan fingerprint density at radius 1 is 1.13 bits per heavy atom. The van der Waals surface area contributed by atoms with E-state index in [-0.39, 0.29) is 23.1 Å². The SMILES string of the molecule is CC(C)(C)OC(=O)N1CCNCC1.O=[N+]([O-])c1cccc(Br)c1OCc1ccccc1. The number of hydrogen-bond donors (Lipinski definition) is 1. The Hall–Kier alpha value is -2.65. The molecule has 1 heterocycles. The van der Waals surface area contributed by atoms with Gasteiger partial charge >= 0.3 is 11.8 Å². The van der Waals surface area contributed by atoms with Gasteiger partial charge in [-0.05, 0) is 48.3 Å². The summed E-state index contributed by atoms with van der Waals surface area (Å²) >= 11 is 3.26. The Morgan fingerprint density at radius 2 is 1.77 bits per heavy atom. The van der Waals surface area contributed by atoms with Crippen LogP contribution in [0.5, 0.6) is 5.75 Å². The Bertz CT molecular complexity index is 865. The van der Waals surface area contributed by atoms with Crippen LogP contribution in [0.15, 0.2) is 53.0 Å². The van der Waals surface area contributed by atoms with Crippen LogP contribution in [0.3, 0.4) is 0 Å². The molecule has 0 bridgehead atoms.